The Balaban J connectivity index is 0.950. The van der Waals surface area contributed by atoms with Gasteiger partial charge >= 0.3 is 17.6 Å². The summed E-state index contributed by atoms with van der Waals surface area (Å²) in [6.07, 6.45) is 20.7. The average molecular weight is 1130 g/mol. The first-order valence-electron chi connectivity index (χ1n) is 31.7. The van der Waals surface area contributed by atoms with E-state index in [1.165, 1.54) is 60.6 Å². The molecule has 11 nitrogen and oxygen atoms in total. The van der Waals surface area contributed by atoms with Crippen molar-refractivity contribution < 1.29 is 48.3 Å². The summed E-state index contributed by atoms with van der Waals surface area (Å²) >= 11 is 0. The predicted octanol–water partition coefficient (Wildman–Crippen LogP) is 13.4. The standard InChI is InChI=1S/C72H84O11/c1-44(41-74)55-25-19-45-17-20-46(21-18-45)56-26-23-50(49-12-9-15-54(38-49)71-33-6-5-14-53(71)24-22-47-11-3-4-16-59(47)71)37-52(56)39-62(76)80-66-64-61(28-27-57-58(42-75)63(69(78)81-65(57)64)51(30-36-73)43-79-2)83-72(67(66)82-68(55)77)34-10-13-48-29-35-70(40-60(48)72)31-7-8-32-70/h3-4,9-13,15-18,20-21,27-28,38,48,50-53,56,60,66-67,73-75H,5-8,14,19,22-26,29-37,39-43H2,1-2H3. The number of hydrogen-bond acceptors (Lipinski definition) is 11. The maximum atomic E-state index is 15.9. The first-order valence-corrected chi connectivity index (χ1v) is 31.7. The molecule has 11 atom stereocenters. The van der Waals surface area contributed by atoms with Gasteiger partial charge in [-0.05, 0) is 195 Å². The van der Waals surface area contributed by atoms with E-state index in [1.807, 2.05) is 6.07 Å². The molecule has 3 N–H and O–H groups in total. The number of allylic oxidation sites excluding steroid dienone is 1. The largest absolute Gasteiger partial charge is 0.482 e. The van der Waals surface area contributed by atoms with Gasteiger partial charge in [-0.3, -0.25) is 4.79 Å². The molecule has 2 bridgehead atoms. The van der Waals surface area contributed by atoms with Crippen LogP contribution in [0.15, 0.2) is 117 Å². The lowest BCUT2D eigenvalue weighted by Crippen LogP contribution is -2.63. The Morgan fingerprint density at radius 2 is 1.64 bits per heavy atom. The van der Waals surface area contributed by atoms with E-state index in [-0.39, 0.29) is 89.8 Å². The van der Waals surface area contributed by atoms with E-state index >= 15 is 9.59 Å². The molecule has 4 fully saturated rings. The van der Waals surface area contributed by atoms with Gasteiger partial charge in [0.2, 0.25) is 0 Å². The van der Waals surface area contributed by atoms with Gasteiger partial charge in [0.15, 0.2) is 17.8 Å². The zero-order valence-electron chi connectivity index (χ0n) is 48.7. The molecule has 0 amide bonds. The summed E-state index contributed by atoms with van der Waals surface area (Å²) in [6, 6.07) is 31.1. The van der Waals surface area contributed by atoms with Gasteiger partial charge in [0.25, 0.3) is 0 Å². The second kappa shape index (κ2) is 23.2. The van der Waals surface area contributed by atoms with Crippen molar-refractivity contribution in [3.63, 3.8) is 0 Å². The van der Waals surface area contributed by atoms with Crippen LogP contribution in [0.5, 0.6) is 5.75 Å². The van der Waals surface area contributed by atoms with Crippen molar-refractivity contribution >= 4 is 22.9 Å². The SMILES string of the molecule is COCC(CCO)c1c(CO)c2ccc3c(c2oc1=O)C1OC(=O)CC2CC(c4cccc(C56CCCCC5CCc5ccccc56)c4)CCC2c2ccc(cc2)CCC(=C(C)CO)C(=O)OC1C1(CC=CC2CCC4(CCCC4)CC21)O3. The Morgan fingerprint density at radius 3 is 2.45 bits per heavy atom. The first kappa shape index (κ1) is 56.3. The van der Waals surface area contributed by atoms with Gasteiger partial charge < -0.3 is 38.7 Å². The van der Waals surface area contributed by atoms with Gasteiger partial charge in [-0.1, -0.05) is 111 Å². The molecule has 0 radical (unpaired) electrons. The highest BCUT2D eigenvalue weighted by Crippen LogP contribution is 2.62. The Labute approximate surface area is 488 Å². The van der Waals surface area contributed by atoms with Crippen LogP contribution in [0.25, 0.3) is 11.0 Å². The van der Waals surface area contributed by atoms with Gasteiger partial charge in [0.05, 0.1) is 25.4 Å². The smallest absolute Gasteiger partial charge is 0.340 e. The molecule has 14 rings (SSSR count). The molecular weight excluding hydrogens is 1040 g/mol. The molecular formula is C72H84O11. The molecule has 0 saturated heterocycles. The lowest BCUT2D eigenvalue weighted by Gasteiger charge is -2.57. The molecule has 4 heterocycles. The number of rotatable bonds is 9. The number of aliphatic hydroxyl groups excluding tert-OH is 3. The number of hydrogen-bond donors (Lipinski definition) is 3. The number of benzene rings is 4. The number of methoxy groups -OCH3 is 1. The molecule has 3 aliphatic heterocycles. The summed E-state index contributed by atoms with van der Waals surface area (Å²) in [6.45, 7) is 0.776. The minimum absolute atomic E-state index is 0.0180. The maximum absolute atomic E-state index is 15.9. The summed E-state index contributed by atoms with van der Waals surface area (Å²) in [5, 5.41) is 32.7. The maximum Gasteiger partial charge on any atom is 0.340 e. The lowest BCUT2D eigenvalue weighted by molar-refractivity contribution is -0.212. The topological polar surface area (TPSA) is 162 Å². The van der Waals surface area contributed by atoms with Crippen molar-refractivity contribution in [2.24, 2.45) is 29.1 Å². The van der Waals surface area contributed by atoms with Gasteiger partial charge in [0.1, 0.15) is 11.3 Å². The molecule has 2 spiro atoms. The summed E-state index contributed by atoms with van der Waals surface area (Å²) in [5.74, 6) is -0.563. The lowest BCUT2D eigenvalue weighted by atomic mass is 9.54. The van der Waals surface area contributed by atoms with E-state index < -0.39 is 47.9 Å². The molecule has 11 unspecified atom stereocenters. The summed E-state index contributed by atoms with van der Waals surface area (Å²) < 4.78 is 34.0. The molecule has 9 aliphatic rings. The fourth-order valence-corrected chi connectivity index (χ4v) is 18.4. The number of esters is 2. The molecule has 438 valence electrons. The van der Waals surface area contributed by atoms with Crippen molar-refractivity contribution in [1.82, 2.24) is 0 Å². The highest BCUT2D eigenvalue weighted by atomic mass is 16.6. The summed E-state index contributed by atoms with van der Waals surface area (Å²) in [4.78, 5) is 46.0. The predicted molar refractivity (Wildman–Crippen MR) is 318 cm³/mol. The summed E-state index contributed by atoms with van der Waals surface area (Å²) in [7, 11) is 1.53. The summed E-state index contributed by atoms with van der Waals surface area (Å²) in [5.41, 5.74) is 7.88. The number of fused-ring (bicyclic) bond motifs is 16. The van der Waals surface area contributed by atoms with Crippen LogP contribution in [-0.4, -0.2) is 65.9 Å². The second-order valence-corrected chi connectivity index (χ2v) is 26.6. The van der Waals surface area contributed by atoms with Crippen LogP contribution in [0, 0.1) is 29.1 Å². The van der Waals surface area contributed by atoms with Gasteiger partial charge in [0, 0.05) is 60.3 Å². The fourth-order valence-electron chi connectivity index (χ4n) is 18.4. The molecule has 4 saturated carbocycles. The van der Waals surface area contributed by atoms with E-state index in [9.17, 15) is 20.1 Å². The normalized spacial score (nSPS) is 31.1. The molecule has 5 aromatic rings. The van der Waals surface area contributed by atoms with Crippen LogP contribution < -0.4 is 10.4 Å². The molecule has 4 aromatic carbocycles. The van der Waals surface area contributed by atoms with Crippen LogP contribution in [0.1, 0.15) is 203 Å². The number of ether oxygens (including phenoxy) is 4. The molecule has 1 aromatic heterocycles. The Hall–Kier alpha value is -5.85. The highest BCUT2D eigenvalue weighted by molar-refractivity contribution is 5.90. The number of aliphatic hydroxyl groups is 3. The van der Waals surface area contributed by atoms with Crippen molar-refractivity contribution in [2.75, 3.05) is 26.9 Å². The van der Waals surface area contributed by atoms with E-state index in [0.29, 0.717) is 53.0 Å². The van der Waals surface area contributed by atoms with Crippen LogP contribution in [0.4, 0.5) is 0 Å². The third kappa shape index (κ3) is 9.95. The van der Waals surface area contributed by atoms with Crippen LogP contribution in [-0.2, 0) is 48.7 Å². The van der Waals surface area contributed by atoms with E-state index in [4.69, 9.17) is 23.4 Å². The van der Waals surface area contributed by atoms with Crippen LogP contribution in [0.3, 0.4) is 0 Å². The van der Waals surface area contributed by atoms with E-state index in [1.54, 1.807) is 13.0 Å². The van der Waals surface area contributed by atoms with Crippen LogP contribution >= 0.6 is 0 Å². The zero-order chi connectivity index (χ0) is 57.0. The van der Waals surface area contributed by atoms with Crippen molar-refractivity contribution in [3.8, 4) is 5.75 Å². The zero-order valence-corrected chi connectivity index (χ0v) is 48.7. The Morgan fingerprint density at radius 1 is 0.807 bits per heavy atom. The van der Waals surface area contributed by atoms with Crippen molar-refractivity contribution in [3.05, 3.63) is 169 Å². The monoisotopic (exact) mass is 1120 g/mol. The number of carbonyl (C=O) groups excluding carboxylic acids is 2. The average Bonchev–Trinajstić information content (AvgIpc) is 2.31. The Bertz CT molecular complexity index is 3360. The third-order valence-corrected chi connectivity index (χ3v) is 22.4. The first-order chi connectivity index (χ1) is 40.5. The minimum Gasteiger partial charge on any atom is -0.482 e. The second-order valence-electron chi connectivity index (χ2n) is 26.6. The molecule has 6 aliphatic carbocycles. The van der Waals surface area contributed by atoms with E-state index in [0.717, 1.165) is 82.6 Å². The van der Waals surface area contributed by atoms with Gasteiger partial charge in [-0.15, -0.1) is 0 Å². The number of carbonyl (C=O) groups is 2. The highest BCUT2D eigenvalue weighted by Gasteiger charge is 2.63. The van der Waals surface area contributed by atoms with E-state index in [2.05, 4.69) is 84.9 Å². The fraction of sp³-hybridized carbons (Fsp3) is 0.542. The van der Waals surface area contributed by atoms with Gasteiger partial charge in [-0.2, -0.15) is 0 Å². The van der Waals surface area contributed by atoms with Crippen molar-refractivity contribution in [1.29, 1.82) is 0 Å². The number of aryl methyl sites for hydroxylation is 2. The Kier molecular flexibility index (Phi) is 15.7. The third-order valence-electron chi connectivity index (χ3n) is 22.4. The minimum atomic E-state index is -1.31. The quantitative estimate of drug-likeness (QED) is 0.0557. The molecule has 11 heteroatoms. The van der Waals surface area contributed by atoms with Crippen molar-refractivity contribution in [2.45, 2.75) is 189 Å². The van der Waals surface area contributed by atoms with Gasteiger partial charge in [-0.25, -0.2) is 9.59 Å². The molecule has 83 heavy (non-hydrogen) atoms. The van der Waals surface area contributed by atoms with Crippen LogP contribution in [0.2, 0.25) is 0 Å².